The highest BCUT2D eigenvalue weighted by Gasteiger charge is 2.41. The fourth-order valence-corrected chi connectivity index (χ4v) is 11.8. The van der Waals surface area contributed by atoms with E-state index in [1.165, 1.54) is 5.69 Å². The molecule has 0 spiro atoms. The predicted molar refractivity (Wildman–Crippen MR) is 186 cm³/mol. The topological polar surface area (TPSA) is 108 Å². The van der Waals surface area contributed by atoms with Gasteiger partial charge in [0.25, 0.3) is 0 Å². The molecule has 2 saturated heterocycles. The number of nitrogens with zero attached hydrogens (tertiary/aromatic N) is 5. The van der Waals surface area contributed by atoms with E-state index < -0.39 is 8.07 Å². The lowest BCUT2D eigenvalue weighted by atomic mass is 10.1. The van der Waals surface area contributed by atoms with Crippen molar-refractivity contribution in [1.29, 1.82) is 0 Å². The van der Waals surface area contributed by atoms with Crippen molar-refractivity contribution in [3.8, 4) is 11.5 Å². The number of amides is 2. The molecule has 1 aromatic carbocycles. The molecule has 0 saturated carbocycles. The van der Waals surface area contributed by atoms with E-state index in [-0.39, 0.29) is 6.03 Å². The van der Waals surface area contributed by atoms with Gasteiger partial charge in [-0.15, -0.1) is 5.54 Å². The van der Waals surface area contributed by atoms with Gasteiger partial charge in [-0.2, -0.15) is 4.98 Å². The fraction of sp³-hybridized carbons (Fsp3) is 0.529. The Morgan fingerprint density at radius 1 is 1.00 bits per heavy atom. The minimum Gasteiger partial charge on any atom is -0.381 e. The molecule has 4 heterocycles. The Bertz CT molecular complexity index is 1520. The van der Waals surface area contributed by atoms with E-state index in [4.69, 9.17) is 14.7 Å². The second kappa shape index (κ2) is 14.1. The van der Waals surface area contributed by atoms with Crippen LogP contribution >= 0.6 is 0 Å². The first-order valence-electron chi connectivity index (χ1n) is 16.2. The third-order valence-electron chi connectivity index (χ3n) is 9.34. The number of hydrogen-bond donors (Lipinski definition) is 3. The molecule has 45 heavy (non-hydrogen) atoms. The Balaban J connectivity index is 1.44. The first kappa shape index (κ1) is 32.7. The summed E-state index contributed by atoms with van der Waals surface area (Å²) in [6.45, 7) is 19.9. The monoisotopic (exact) mass is 628 g/mol. The zero-order chi connectivity index (χ0) is 32.1. The Morgan fingerprint density at radius 2 is 1.67 bits per heavy atom. The predicted octanol–water partition coefficient (Wildman–Crippen LogP) is 5.86. The summed E-state index contributed by atoms with van der Waals surface area (Å²) in [5, 5.41) is 9.92. The number of benzene rings is 1. The first-order valence-corrected chi connectivity index (χ1v) is 18.4. The van der Waals surface area contributed by atoms with Gasteiger partial charge in [0.2, 0.25) is 5.95 Å². The lowest BCUT2D eigenvalue weighted by Crippen LogP contribution is -2.44. The van der Waals surface area contributed by atoms with Crippen molar-refractivity contribution >= 4 is 48.3 Å². The van der Waals surface area contributed by atoms with Gasteiger partial charge in [0.05, 0.1) is 18.6 Å². The highest BCUT2D eigenvalue weighted by molar-refractivity contribution is 6.90. The summed E-state index contributed by atoms with van der Waals surface area (Å²) in [6, 6.07) is 9.89. The molecule has 5 rings (SSSR count). The Kier molecular flexibility index (Phi) is 10.3. The van der Waals surface area contributed by atoms with E-state index in [9.17, 15) is 4.79 Å². The lowest BCUT2D eigenvalue weighted by Gasteiger charge is -2.38. The average molecular weight is 629 g/mol. The van der Waals surface area contributed by atoms with Gasteiger partial charge in [0.1, 0.15) is 13.9 Å². The van der Waals surface area contributed by atoms with Crippen molar-refractivity contribution in [1.82, 2.24) is 25.2 Å². The lowest BCUT2D eigenvalue weighted by molar-refractivity contribution is -0.0292. The molecule has 10 nitrogen and oxygen atoms in total. The molecule has 2 aromatic heterocycles. The van der Waals surface area contributed by atoms with Crippen LogP contribution in [-0.2, 0) is 4.74 Å². The number of aromatic nitrogens is 3. The van der Waals surface area contributed by atoms with Crippen molar-refractivity contribution < 1.29 is 9.53 Å². The molecule has 0 unspecified atom stereocenters. The second-order valence-corrected chi connectivity index (χ2v) is 18.9. The van der Waals surface area contributed by atoms with E-state index in [0.717, 1.165) is 42.8 Å². The summed E-state index contributed by atoms with van der Waals surface area (Å²) >= 11 is 0. The quantitative estimate of drug-likeness (QED) is 0.200. The smallest absolute Gasteiger partial charge is 0.320 e. The van der Waals surface area contributed by atoms with Crippen molar-refractivity contribution in [2.45, 2.75) is 58.2 Å². The van der Waals surface area contributed by atoms with Gasteiger partial charge in [0.15, 0.2) is 5.65 Å². The third-order valence-corrected chi connectivity index (χ3v) is 15.6. The van der Waals surface area contributed by atoms with E-state index in [2.05, 4.69) is 115 Å². The minimum atomic E-state index is -2.01. The highest BCUT2D eigenvalue weighted by Crippen LogP contribution is 2.41. The zero-order valence-electron chi connectivity index (χ0n) is 27.8. The number of fused-ring (bicyclic) bond motifs is 1. The van der Waals surface area contributed by atoms with Gasteiger partial charge in [-0.1, -0.05) is 47.5 Å². The summed E-state index contributed by atoms with van der Waals surface area (Å²) < 4.78 is 5.22. The molecule has 0 atom stereocenters. The van der Waals surface area contributed by atoms with Crippen LogP contribution in [0.1, 0.15) is 47.1 Å². The molecule has 0 aliphatic carbocycles. The highest BCUT2D eigenvalue weighted by atomic mass is 28.3. The number of piperazine rings is 1. The molecular formula is C34H48N8O2Si. The van der Waals surface area contributed by atoms with E-state index in [1.54, 1.807) is 6.20 Å². The second-order valence-electron chi connectivity index (χ2n) is 13.3. The number of carbonyl (C=O) groups is 1. The molecular weight excluding hydrogens is 581 g/mol. The molecule has 240 valence electrons. The number of likely N-dealkylation sites (N-methyl/N-ethyl adjacent to an activating group) is 1. The zero-order valence-corrected chi connectivity index (χ0v) is 28.8. The van der Waals surface area contributed by atoms with Gasteiger partial charge in [-0.05, 0) is 54.0 Å². The van der Waals surface area contributed by atoms with Crippen LogP contribution in [-0.4, -0.2) is 86.9 Å². The standard InChI is InChI=1S/C34H48N8O2Si/c1-23(2)45(24(3)4,25(5)6)17-12-27-18-31(39-34(43)36-19-26-21-44-22-26)38-32-30(27)20-35-33(40-32)37-28-8-10-29(11-9-28)42-15-13-41(7)14-16-42/h8-11,18,20,23-26H,13-16,19,21-22H2,1-7H3,(H3,35,36,37,38,39,40,43). The number of pyridine rings is 1. The number of urea groups is 1. The van der Waals surface area contributed by atoms with Crippen LogP contribution in [0.3, 0.4) is 0 Å². The van der Waals surface area contributed by atoms with Crippen LogP contribution < -0.4 is 20.9 Å². The van der Waals surface area contributed by atoms with Crippen molar-refractivity contribution in [2.75, 3.05) is 68.5 Å². The SMILES string of the molecule is CC(C)[Si](C#Cc1cc(NC(=O)NCC2COC2)nc2nc(Nc3ccc(N4CCN(C)CC4)cc3)ncc12)(C(C)C)C(C)C. The Labute approximate surface area is 268 Å². The van der Waals surface area contributed by atoms with Crippen molar-refractivity contribution in [3.63, 3.8) is 0 Å². The van der Waals surface area contributed by atoms with Crippen molar-refractivity contribution in [3.05, 3.63) is 42.1 Å². The maximum Gasteiger partial charge on any atom is 0.320 e. The molecule has 2 amide bonds. The first-order chi connectivity index (χ1) is 21.5. The Morgan fingerprint density at radius 3 is 2.27 bits per heavy atom. The molecule has 2 aliphatic rings. The number of ether oxygens (including phenoxy) is 1. The largest absolute Gasteiger partial charge is 0.381 e. The minimum absolute atomic E-state index is 0.309. The summed E-state index contributed by atoms with van der Waals surface area (Å²) in [4.78, 5) is 31.7. The molecule has 11 heteroatoms. The van der Waals surface area contributed by atoms with Gasteiger partial charge in [-0.3, -0.25) is 5.32 Å². The Hall–Kier alpha value is -3.72. The van der Waals surface area contributed by atoms with E-state index in [1.807, 2.05) is 6.07 Å². The molecule has 2 fully saturated rings. The molecule has 3 N–H and O–H groups in total. The van der Waals surface area contributed by atoms with Crippen molar-refractivity contribution in [2.24, 2.45) is 5.92 Å². The number of anilines is 4. The molecule has 3 aromatic rings. The number of hydrogen-bond acceptors (Lipinski definition) is 8. The molecule has 0 bridgehead atoms. The van der Waals surface area contributed by atoms with Crippen LogP contribution in [0.25, 0.3) is 11.0 Å². The summed E-state index contributed by atoms with van der Waals surface area (Å²) in [7, 11) is 0.158. The van der Waals surface area contributed by atoms with E-state index >= 15 is 0 Å². The third kappa shape index (κ3) is 7.57. The summed E-state index contributed by atoms with van der Waals surface area (Å²) in [5.74, 6) is 4.72. The fourth-order valence-electron chi connectivity index (χ4n) is 6.59. The number of nitrogens with one attached hydrogen (secondary N) is 3. The number of rotatable bonds is 9. The molecule has 2 aliphatic heterocycles. The van der Waals surface area contributed by atoms with Gasteiger partial charge in [0, 0.05) is 61.8 Å². The summed E-state index contributed by atoms with van der Waals surface area (Å²) in [5.41, 5.74) is 8.63. The van der Waals surface area contributed by atoms with Crippen LogP contribution in [0.2, 0.25) is 16.6 Å². The van der Waals surface area contributed by atoms with Gasteiger partial charge < -0.3 is 25.2 Å². The van der Waals surface area contributed by atoms with Gasteiger partial charge in [-0.25, -0.2) is 14.8 Å². The summed E-state index contributed by atoms with van der Waals surface area (Å²) in [6.07, 6.45) is 1.78. The molecule has 0 radical (unpaired) electrons. The van der Waals surface area contributed by atoms with E-state index in [0.29, 0.717) is 59.7 Å². The maximum absolute atomic E-state index is 12.8. The maximum atomic E-state index is 12.8. The van der Waals surface area contributed by atoms with Gasteiger partial charge >= 0.3 is 6.03 Å². The number of carbonyl (C=O) groups excluding carboxylic acids is 1. The van der Waals surface area contributed by atoms with Crippen LogP contribution in [0.15, 0.2) is 36.5 Å². The van der Waals surface area contributed by atoms with Crippen LogP contribution in [0, 0.1) is 17.4 Å². The van der Waals surface area contributed by atoms with Crippen LogP contribution in [0.4, 0.5) is 27.9 Å². The normalized spacial score (nSPS) is 16.1. The average Bonchev–Trinajstić information content (AvgIpc) is 2.97. The van der Waals surface area contributed by atoms with Crippen LogP contribution in [0.5, 0.6) is 0 Å².